The van der Waals surface area contributed by atoms with Crippen LogP contribution < -0.4 is 5.32 Å². The van der Waals surface area contributed by atoms with Crippen LogP contribution in [0.3, 0.4) is 0 Å². The van der Waals surface area contributed by atoms with Gasteiger partial charge < -0.3 is 5.32 Å². The second kappa shape index (κ2) is 4.53. The van der Waals surface area contributed by atoms with Gasteiger partial charge in [0.15, 0.2) is 0 Å². The van der Waals surface area contributed by atoms with Crippen molar-refractivity contribution in [2.45, 2.75) is 6.92 Å². The lowest BCUT2D eigenvalue weighted by atomic mass is 10.6. The molecule has 0 aliphatic carbocycles. The maximum Gasteiger partial charge on any atom is 0.102 e. The molecule has 0 aliphatic heterocycles. The van der Waals surface area contributed by atoms with Gasteiger partial charge in [-0.3, -0.25) is 0 Å². The van der Waals surface area contributed by atoms with E-state index >= 15 is 0 Å². The van der Waals surface area contributed by atoms with E-state index in [0.717, 1.165) is 0 Å². The summed E-state index contributed by atoms with van der Waals surface area (Å²) in [5, 5.41) is 2.81. The fourth-order valence-corrected chi connectivity index (χ4v) is 0.292. The molecule has 2 heteroatoms. The zero-order valence-corrected chi connectivity index (χ0v) is 5.66. The summed E-state index contributed by atoms with van der Waals surface area (Å²) < 4.78 is 0. The van der Waals surface area contributed by atoms with E-state index in [1.807, 2.05) is 13.0 Å². The maximum absolute atomic E-state index is 4.74. The third kappa shape index (κ3) is 3.56. The summed E-state index contributed by atoms with van der Waals surface area (Å²) in [6, 6.07) is 0. The van der Waals surface area contributed by atoms with E-state index < -0.39 is 0 Å². The van der Waals surface area contributed by atoms with Gasteiger partial charge in [-0.15, -0.1) is 0 Å². The molecular formula is C6H9NS. The van der Waals surface area contributed by atoms with E-state index in [2.05, 4.69) is 11.9 Å². The molecule has 0 aromatic heterocycles. The van der Waals surface area contributed by atoms with E-state index in [1.54, 1.807) is 12.3 Å². The lowest BCUT2D eigenvalue weighted by Crippen LogP contribution is -2.09. The third-order valence-corrected chi connectivity index (χ3v) is 0.862. The van der Waals surface area contributed by atoms with Crippen LogP contribution in [0.2, 0.25) is 0 Å². The molecule has 0 saturated carbocycles. The van der Waals surface area contributed by atoms with Crippen molar-refractivity contribution in [1.29, 1.82) is 0 Å². The predicted octanol–water partition coefficient (Wildman–Crippen LogP) is 1.62. The number of thiocarbonyl (C=S) groups is 1. The first-order valence-electron chi connectivity index (χ1n) is 2.35. The summed E-state index contributed by atoms with van der Waals surface area (Å²) in [6.07, 6.45) is 5.23. The van der Waals surface area contributed by atoms with Crippen LogP contribution >= 0.6 is 12.2 Å². The highest BCUT2D eigenvalue weighted by molar-refractivity contribution is 7.80. The smallest absolute Gasteiger partial charge is 0.102 e. The Morgan fingerprint density at radius 3 is 2.75 bits per heavy atom. The van der Waals surface area contributed by atoms with E-state index in [0.29, 0.717) is 4.99 Å². The second-order valence-electron chi connectivity index (χ2n) is 1.21. The first-order chi connectivity index (χ1) is 3.81. The average Bonchev–Trinajstić information content (AvgIpc) is 1.83. The molecule has 44 valence electrons. The van der Waals surface area contributed by atoms with Crippen molar-refractivity contribution >= 4 is 17.2 Å². The molecule has 0 spiro atoms. The van der Waals surface area contributed by atoms with Gasteiger partial charge in [-0.2, -0.15) is 0 Å². The molecule has 0 radical (unpaired) electrons. The Bertz CT molecular complexity index is 116. The Morgan fingerprint density at radius 2 is 2.38 bits per heavy atom. The molecular weight excluding hydrogens is 118 g/mol. The van der Waals surface area contributed by atoms with Crippen LogP contribution in [0, 0.1) is 0 Å². The Kier molecular flexibility index (Phi) is 4.17. The normalized spacial score (nSPS) is 9.12. The number of allylic oxidation sites excluding steroid dienone is 1. The van der Waals surface area contributed by atoms with Crippen molar-refractivity contribution in [1.82, 2.24) is 5.32 Å². The highest BCUT2D eigenvalue weighted by Gasteiger charge is 1.76. The molecule has 0 aliphatic rings. The highest BCUT2D eigenvalue weighted by atomic mass is 32.1. The van der Waals surface area contributed by atoms with Gasteiger partial charge in [0, 0.05) is 0 Å². The van der Waals surface area contributed by atoms with Gasteiger partial charge >= 0.3 is 0 Å². The number of nitrogens with one attached hydrogen (secondary N) is 1. The molecule has 1 nitrogen and oxygen atoms in total. The summed E-state index contributed by atoms with van der Waals surface area (Å²) in [7, 11) is 0. The van der Waals surface area contributed by atoms with E-state index in [1.165, 1.54) is 0 Å². The van der Waals surface area contributed by atoms with Crippen LogP contribution in [0.25, 0.3) is 0 Å². The number of hydrogen-bond donors (Lipinski definition) is 1. The zero-order valence-electron chi connectivity index (χ0n) is 4.85. The molecule has 0 bridgehead atoms. The largest absolute Gasteiger partial charge is 0.353 e. The number of hydrogen-bond acceptors (Lipinski definition) is 1. The van der Waals surface area contributed by atoms with Gasteiger partial charge in [0.2, 0.25) is 0 Å². The lowest BCUT2D eigenvalue weighted by molar-refractivity contribution is 1.31. The van der Waals surface area contributed by atoms with Gasteiger partial charge in [-0.1, -0.05) is 24.9 Å². The van der Waals surface area contributed by atoms with E-state index in [4.69, 9.17) is 12.2 Å². The van der Waals surface area contributed by atoms with Crippen LogP contribution in [0.4, 0.5) is 0 Å². The standard InChI is InChI=1S/C6H9NS/c1-3-5-7-6(8)4-2/h3-5H,2H2,1H3,(H,7,8)/b5-3-. The lowest BCUT2D eigenvalue weighted by Gasteiger charge is -1.91. The van der Waals surface area contributed by atoms with Crippen LogP contribution in [-0.4, -0.2) is 4.99 Å². The van der Waals surface area contributed by atoms with Crippen molar-refractivity contribution in [3.05, 3.63) is 24.9 Å². The molecule has 0 atom stereocenters. The topological polar surface area (TPSA) is 12.0 Å². The average molecular weight is 127 g/mol. The van der Waals surface area contributed by atoms with E-state index in [9.17, 15) is 0 Å². The van der Waals surface area contributed by atoms with Gasteiger partial charge in [0.05, 0.1) is 0 Å². The van der Waals surface area contributed by atoms with Crippen LogP contribution in [-0.2, 0) is 0 Å². The minimum absolute atomic E-state index is 0.656. The molecule has 0 rings (SSSR count). The summed E-state index contributed by atoms with van der Waals surface area (Å²) in [6.45, 7) is 5.39. The molecule has 0 aromatic carbocycles. The van der Waals surface area contributed by atoms with Crippen molar-refractivity contribution in [2.24, 2.45) is 0 Å². The van der Waals surface area contributed by atoms with Gasteiger partial charge in [-0.25, -0.2) is 0 Å². The molecule has 0 saturated heterocycles. The zero-order chi connectivity index (χ0) is 6.41. The Labute approximate surface area is 55.1 Å². The fraction of sp³-hybridized carbons (Fsp3) is 0.167. The summed E-state index contributed by atoms with van der Waals surface area (Å²) in [4.78, 5) is 0.656. The van der Waals surface area contributed by atoms with Crippen LogP contribution in [0.15, 0.2) is 24.9 Å². The highest BCUT2D eigenvalue weighted by Crippen LogP contribution is 1.71. The third-order valence-electron chi connectivity index (χ3n) is 0.578. The molecule has 0 unspecified atom stereocenters. The van der Waals surface area contributed by atoms with Gasteiger partial charge in [0.25, 0.3) is 0 Å². The van der Waals surface area contributed by atoms with Crippen LogP contribution in [0.5, 0.6) is 0 Å². The predicted molar refractivity (Wildman–Crippen MR) is 40.7 cm³/mol. The summed E-state index contributed by atoms with van der Waals surface area (Å²) in [5.41, 5.74) is 0. The molecule has 0 heterocycles. The first-order valence-corrected chi connectivity index (χ1v) is 2.76. The van der Waals surface area contributed by atoms with Crippen molar-refractivity contribution < 1.29 is 0 Å². The minimum atomic E-state index is 0.656. The SMILES string of the molecule is C=CC(=S)N/C=C\C. The Morgan fingerprint density at radius 1 is 1.75 bits per heavy atom. The maximum atomic E-state index is 4.74. The van der Waals surface area contributed by atoms with Gasteiger partial charge in [-0.05, 0) is 19.2 Å². The first kappa shape index (κ1) is 7.37. The molecule has 0 fully saturated rings. The quantitative estimate of drug-likeness (QED) is 0.447. The van der Waals surface area contributed by atoms with Gasteiger partial charge in [0.1, 0.15) is 4.99 Å². The van der Waals surface area contributed by atoms with E-state index in [-0.39, 0.29) is 0 Å². The molecule has 0 amide bonds. The van der Waals surface area contributed by atoms with Crippen molar-refractivity contribution in [3.8, 4) is 0 Å². The molecule has 0 aromatic rings. The minimum Gasteiger partial charge on any atom is -0.353 e. The van der Waals surface area contributed by atoms with Crippen molar-refractivity contribution in [2.75, 3.05) is 0 Å². The monoisotopic (exact) mass is 127 g/mol. The summed E-state index contributed by atoms with van der Waals surface area (Å²) in [5.74, 6) is 0. The molecule has 1 N–H and O–H groups in total. The molecule has 8 heavy (non-hydrogen) atoms. The Balaban J connectivity index is 3.39. The fourth-order valence-electron chi connectivity index (χ4n) is 0.224. The second-order valence-corrected chi connectivity index (χ2v) is 1.65. The summed E-state index contributed by atoms with van der Waals surface area (Å²) >= 11 is 4.74. The van der Waals surface area contributed by atoms with Crippen LogP contribution in [0.1, 0.15) is 6.92 Å². The number of rotatable bonds is 2. The van der Waals surface area contributed by atoms with Crippen molar-refractivity contribution in [3.63, 3.8) is 0 Å². The Hall–Kier alpha value is -0.630.